The van der Waals surface area contributed by atoms with E-state index in [0.717, 1.165) is 37.2 Å². The van der Waals surface area contributed by atoms with Crippen molar-refractivity contribution in [2.45, 2.75) is 19.4 Å². The number of primary amides is 1. The van der Waals surface area contributed by atoms with Gasteiger partial charge in [0.2, 0.25) is 5.91 Å². The molecule has 0 atom stereocenters. The van der Waals surface area contributed by atoms with E-state index in [9.17, 15) is 4.79 Å². The van der Waals surface area contributed by atoms with Gasteiger partial charge in [0.1, 0.15) is 0 Å². The van der Waals surface area contributed by atoms with Gasteiger partial charge in [-0.2, -0.15) is 0 Å². The molecule has 0 bridgehead atoms. The molecular weight excluding hydrogens is 252 g/mol. The fourth-order valence-corrected chi connectivity index (χ4v) is 2.63. The fourth-order valence-electron chi connectivity index (χ4n) is 2.31. The number of hydrogen-bond acceptors (Lipinski definition) is 3. The van der Waals surface area contributed by atoms with Crippen LogP contribution in [0.25, 0.3) is 0 Å². The van der Waals surface area contributed by atoms with Gasteiger partial charge >= 0.3 is 0 Å². The van der Waals surface area contributed by atoms with Crippen LogP contribution in [0, 0.1) is 5.92 Å². The van der Waals surface area contributed by atoms with Crippen LogP contribution < -0.4 is 10.6 Å². The van der Waals surface area contributed by atoms with Crippen molar-refractivity contribution in [2.75, 3.05) is 18.0 Å². The molecule has 18 heavy (non-hydrogen) atoms. The number of piperidine rings is 1. The Kier molecular flexibility index (Phi) is 4.09. The van der Waals surface area contributed by atoms with Crippen molar-refractivity contribution in [1.82, 2.24) is 0 Å². The lowest BCUT2D eigenvalue weighted by molar-refractivity contribution is -0.122. The summed E-state index contributed by atoms with van der Waals surface area (Å²) < 4.78 is 0. The van der Waals surface area contributed by atoms with Crippen molar-refractivity contribution in [3.8, 4) is 0 Å². The third-order valence-corrected chi connectivity index (χ3v) is 3.74. The maximum absolute atomic E-state index is 11.1. The van der Waals surface area contributed by atoms with Crippen LogP contribution in [0.4, 0.5) is 5.69 Å². The number of nitrogens with zero attached hydrogens (tertiary/aromatic N) is 1. The second-order valence-electron chi connectivity index (χ2n) is 4.61. The Morgan fingerprint density at radius 2 is 2.11 bits per heavy atom. The molecule has 0 radical (unpaired) electrons. The molecule has 0 saturated carbocycles. The van der Waals surface area contributed by atoms with E-state index in [1.165, 1.54) is 0 Å². The molecule has 1 heterocycles. The van der Waals surface area contributed by atoms with Crippen LogP contribution in [-0.2, 0) is 11.4 Å². The Labute approximate surface area is 111 Å². The van der Waals surface area contributed by atoms with E-state index in [4.69, 9.17) is 22.4 Å². The summed E-state index contributed by atoms with van der Waals surface area (Å²) in [5.41, 5.74) is 7.06. The number of amides is 1. The smallest absolute Gasteiger partial charge is 0.220 e. The second-order valence-corrected chi connectivity index (χ2v) is 5.01. The first-order valence-electron chi connectivity index (χ1n) is 6.05. The minimum atomic E-state index is -0.212. The van der Waals surface area contributed by atoms with Crippen LogP contribution in [0.2, 0.25) is 5.02 Å². The number of halogens is 1. The van der Waals surface area contributed by atoms with Gasteiger partial charge in [-0.25, -0.2) is 0 Å². The Hall–Kier alpha value is -1.26. The number of nitrogens with two attached hydrogens (primary N) is 1. The summed E-state index contributed by atoms with van der Waals surface area (Å²) in [4.78, 5) is 13.3. The highest BCUT2D eigenvalue weighted by Crippen LogP contribution is 2.30. The third kappa shape index (κ3) is 2.76. The molecule has 98 valence electrons. The molecule has 0 aromatic heterocycles. The van der Waals surface area contributed by atoms with E-state index in [2.05, 4.69) is 4.90 Å². The maximum atomic E-state index is 11.1. The van der Waals surface area contributed by atoms with Gasteiger partial charge in [-0.15, -0.1) is 0 Å². The van der Waals surface area contributed by atoms with Gasteiger partial charge in [-0.3, -0.25) is 4.79 Å². The average molecular weight is 269 g/mol. The lowest BCUT2D eigenvalue weighted by atomic mass is 9.96. The highest BCUT2D eigenvalue weighted by Gasteiger charge is 2.24. The van der Waals surface area contributed by atoms with Crippen LogP contribution in [0.3, 0.4) is 0 Å². The van der Waals surface area contributed by atoms with E-state index in [-0.39, 0.29) is 18.4 Å². The summed E-state index contributed by atoms with van der Waals surface area (Å²) in [5, 5.41) is 9.67. The van der Waals surface area contributed by atoms with Crippen molar-refractivity contribution >= 4 is 23.2 Å². The number of anilines is 1. The number of carbonyl (C=O) groups is 1. The van der Waals surface area contributed by atoms with Gasteiger partial charge in [0.15, 0.2) is 0 Å². The van der Waals surface area contributed by atoms with Crippen molar-refractivity contribution < 1.29 is 9.90 Å². The summed E-state index contributed by atoms with van der Waals surface area (Å²) in [5.74, 6) is -0.229. The largest absolute Gasteiger partial charge is 0.392 e. The first-order valence-corrected chi connectivity index (χ1v) is 6.43. The lowest BCUT2D eigenvalue weighted by Crippen LogP contribution is -2.38. The zero-order valence-electron chi connectivity index (χ0n) is 10.1. The molecule has 1 aliphatic rings. The van der Waals surface area contributed by atoms with Crippen molar-refractivity contribution in [3.63, 3.8) is 0 Å². The van der Waals surface area contributed by atoms with E-state index >= 15 is 0 Å². The van der Waals surface area contributed by atoms with Gasteiger partial charge in [-0.05, 0) is 30.5 Å². The van der Waals surface area contributed by atoms with Gasteiger partial charge in [0.05, 0.1) is 17.3 Å². The van der Waals surface area contributed by atoms with Gasteiger partial charge in [0, 0.05) is 19.0 Å². The molecule has 1 fully saturated rings. The summed E-state index contributed by atoms with van der Waals surface area (Å²) >= 11 is 6.20. The van der Waals surface area contributed by atoms with Crippen LogP contribution >= 0.6 is 11.6 Å². The summed E-state index contributed by atoms with van der Waals surface area (Å²) in [6.45, 7) is 1.56. The topological polar surface area (TPSA) is 66.6 Å². The van der Waals surface area contributed by atoms with Crippen LogP contribution in [0.15, 0.2) is 18.2 Å². The number of benzene rings is 1. The number of carbonyl (C=O) groups excluding carboxylic acids is 1. The molecule has 0 unspecified atom stereocenters. The predicted molar refractivity (Wildman–Crippen MR) is 71.5 cm³/mol. The van der Waals surface area contributed by atoms with Gasteiger partial charge in [0.25, 0.3) is 0 Å². The molecule has 4 nitrogen and oxygen atoms in total. The van der Waals surface area contributed by atoms with Crippen LogP contribution in [0.5, 0.6) is 0 Å². The van der Waals surface area contributed by atoms with Crippen LogP contribution in [0.1, 0.15) is 18.4 Å². The molecule has 1 amide bonds. The van der Waals surface area contributed by atoms with Gasteiger partial charge < -0.3 is 15.7 Å². The molecule has 0 spiro atoms. The monoisotopic (exact) mass is 268 g/mol. The van der Waals surface area contributed by atoms with E-state index in [1.54, 1.807) is 6.07 Å². The average Bonchev–Trinajstić information content (AvgIpc) is 2.38. The molecule has 3 N–H and O–H groups in total. The second kappa shape index (κ2) is 5.59. The summed E-state index contributed by atoms with van der Waals surface area (Å²) in [6.07, 6.45) is 1.54. The Morgan fingerprint density at radius 3 is 2.61 bits per heavy atom. The standard InChI is InChI=1S/C13H17ClN2O2/c14-11-7-9(8-17)1-2-12(11)16-5-3-10(4-6-16)13(15)18/h1-2,7,10,17H,3-6,8H2,(H2,15,18). The Morgan fingerprint density at radius 1 is 1.44 bits per heavy atom. The quantitative estimate of drug-likeness (QED) is 0.874. The molecule has 1 aliphatic heterocycles. The van der Waals surface area contributed by atoms with Crippen molar-refractivity contribution in [1.29, 1.82) is 0 Å². The normalized spacial score (nSPS) is 16.9. The zero-order chi connectivity index (χ0) is 13.1. The first kappa shape index (κ1) is 13.2. The maximum Gasteiger partial charge on any atom is 0.220 e. The Balaban J connectivity index is 2.07. The molecule has 2 rings (SSSR count). The van der Waals surface area contributed by atoms with E-state index in [0.29, 0.717) is 5.02 Å². The predicted octanol–water partition coefficient (Wildman–Crippen LogP) is 1.53. The number of aliphatic hydroxyl groups excluding tert-OH is 1. The SMILES string of the molecule is NC(=O)C1CCN(c2ccc(CO)cc2Cl)CC1. The molecule has 0 aliphatic carbocycles. The third-order valence-electron chi connectivity index (χ3n) is 3.43. The molecule has 5 heteroatoms. The first-order chi connectivity index (χ1) is 8.61. The highest BCUT2D eigenvalue weighted by molar-refractivity contribution is 6.33. The molecule has 1 aromatic carbocycles. The van der Waals surface area contributed by atoms with Gasteiger partial charge in [-0.1, -0.05) is 17.7 Å². The van der Waals surface area contributed by atoms with Crippen LogP contribution in [-0.4, -0.2) is 24.1 Å². The lowest BCUT2D eigenvalue weighted by Gasteiger charge is -2.33. The summed E-state index contributed by atoms with van der Waals surface area (Å²) in [7, 11) is 0. The fraction of sp³-hybridized carbons (Fsp3) is 0.462. The zero-order valence-corrected chi connectivity index (χ0v) is 10.9. The molecular formula is C13H17ClN2O2. The molecule has 1 aromatic rings. The van der Waals surface area contributed by atoms with Crippen molar-refractivity contribution in [2.24, 2.45) is 11.7 Å². The van der Waals surface area contributed by atoms with E-state index < -0.39 is 0 Å². The Bertz CT molecular complexity index is 443. The minimum Gasteiger partial charge on any atom is -0.392 e. The number of hydrogen-bond donors (Lipinski definition) is 2. The minimum absolute atomic E-state index is 0.0102. The highest BCUT2D eigenvalue weighted by atomic mass is 35.5. The number of aliphatic hydroxyl groups is 1. The number of rotatable bonds is 3. The van der Waals surface area contributed by atoms with E-state index in [1.807, 2.05) is 12.1 Å². The molecule has 1 saturated heterocycles. The van der Waals surface area contributed by atoms with Crippen molar-refractivity contribution in [3.05, 3.63) is 28.8 Å². The summed E-state index contributed by atoms with van der Waals surface area (Å²) in [6, 6.07) is 5.55.